The van der Waals surface area contributed by atoms with E-state index in [0.29, 0.717) is 13.0 Å². The molecule has 1 heterocycles. The number of amides is 1. The summed E-state index contributed by atoms with van der Waals surface area (Å²) in [7, 11) is 0. The Morgan fingerprint density at radius 3 is 2.91 bits per heavy atom. The Labute approximate surface area is 132 Å². The predicted molar refractivity (Wildman–Crippen MR) is 91.4 cm³/mol. The van der Waals surface area contributed by atoms with E-state index in [1.807, 2.05) is 29.2 Å². The minimum Gasteiger partial charge on any atom is -0.385 e. The normalized spacial score (nSPS) is 13.6. The van der Waals surface area contributed by atoms with E-state index >= 15 is 0 Å². The Balaban J connectivity index is 1.59. The maximum Gasteiger partial charge on any atom is 0.228 e. The Morgan fingerprint density at radius 2 is 2.05 bits per heavy atom. The first kappa shape index (κ1) is 14.6. The monoisotopic (exact) mass is 294 g/mol. The molecule has 0 radical (unpaired) electrons. The van der Waals surface area contributed by atoms with E-state index in [1.165, 1.54) is 11.1 Å². The molecule has 0 bridgehead atoms. The van der Waals surface area contributed by atoms with Gasteiger partial charge in [0, 0.05) is 30.9 Å². The minimum atomic E-state index is 0.201. The van der Waals surface area contributed by atoms with Crippen LogP contribution in [0.4, 0.5) is 11.4 Å². The lowest BCUT2D eigenvalue weighted by Gasteiger charge is -2.29. The molecule has 0 spiro atoms. The van der Waals surface area contributed by atoms with E-state index in [0.717, 1.165) is 30.8 Å². The zero-order valence-electron chi connectivity index (χ0n) is 13.0. The Bertz CT molecular complexity index is 666. The molecule has 0 saturated heterocycles. The smallest absolute Gasteiger partial charge is 0.228 e. The van der Waals surface area contributed by atoms with Gasteiger partial charge >= 0.3 is 0 Å². The molecule has 3 rings (SSSR count). The van der Waals surface area contributed by atoms with Gasteiger partial charge in [0.1, 0.15) is 0 Å². The lowest BCUT2D eigenvalue weighted by molar-refractivity contribution is -0.118. The van der Waals surface area contributed by atoms with Gasteiger partial charge in [0.2, 0.25) is 5.91 Å². The summed E-state index contributed by atoms with van der Waals surface area (Å²) in [6, 6.07) is 16.5. The number of nitrogens with one attached hydrogen (secondary N) is 1. The van der Waals surface area contributed by atoms with Gasteiger partial charge in [0.25, 0.3) is 0 Å². The molecule has 1 N–H and O–H groups in total. The molecule has 0 saturated carbocycles. The van der Waals surface area contributed by atoms with Crippen molar-refractivity contribution in [3.05, 3.63) is 59.7 Å². The standard InChI is InChI=1S/C19H22N2O/c1-15-6-4-9-17(14-15)20-12-11-19(22)21-13-5-8-16-7-2-3-10-18(16)21/h2-4,6-7,9-10,14,20H,5,8,11-13H2,1H3. The summed E-state index contributed by atoms with van der Waals surface area (Å²) in [4.78, 5) is 14.4. The molecule has 0 aliphatic carbocycles. The third-order valence-electron chi connectivity index (χ3n) is 4.10. The van der Waals surface area contributed by atoms with E-state index in [9.17, 15) is 4.79 Å². The fourth-order valence-electron chi connectivity index (χ4n) is 3.00. The molecule has 1 aliphatic heterocycles. The van der Waals surface area contributed by atoms with Crippen LogP contribution in [0, 0.1) is 6.92 Å². The summed E-state index contributed by atoms with van der Waals surface area (Å²) in [6.45, 7) is 3.57. The fourth-order valence-corrected chi connectivity index (χ4v) is 3.00. The molecule has 0 atom stereocenters. The Kier molecular flexibility index (Phi) is 4.42. The molecule has 0 unspecified atom stereocenters. The van der Waals surface area contributed by atoms with E-state index in [2.05, 4.69) is 36.5 Å². The highest BCUT2D eigenvalue weighted by atomic mass is 16.2. The average Bonchev–Trinajstić information content (AvgIpc) is 2.54. The molecule has 1 amide bonds. The summed E-state index contributed by atoms with van der Waals surface area (Å²) in [6.07, 6.45) is 2.64. The third kappa shape index (κ3) is 3.30. The quantitative estimate of drug-likeness (QED) is 0.931. The number of para-hydroxylation sites is 1. The molecule has 22 heavy (non-hydrogen) atoms. The number of nitrogens with zero attached hydrogens (tertiary/aromatic N) is 1. The van der Waals surface area contributed by atoms with Crippen molar-refractivity contribution in [1.29, 1.82) is 0 Å². The zero-order chi connectivity index (χ0) is 15.4. The Hall–Kier alpha value is -2.29. The highest BCUT2D eigenvalue weighted by molar-refractivity contribution is 5.94. The first-order valence-corrected chi connectivity index (χ1v) is 7.93. The first-order valence-electron chi connectivity index (χ1n) is 7.93. The van der Waals surface area contributed by atoms with Crippen molar-refractivity contribution in [2.45, 2.75) is 26.2 Å². The summed E-state index contributed by atoms with van der Waals surface area (Å²) in [5.41, 5.74) is 4.68. The number of hydrogen-bond acceptors (Lipinski definition) is 2. The van der Waals surface area contributed by atoms with E-state index < -0.39 is 0 Å². The molecule has 3 heteroatoms. The number of aryl methyl sites for hydroxylation is 2. The fraction of sp³-hybridized carbons (Fsp3) is 0.316. The number of rotatable bonds is 4. The lowest BCUT2D eigenvalue weighted by atomic mass is 10.0. The van der Waals surface area contributed by atoms with Gasteiger partial charge in [-0.15, -0.1) is 0 Å². The van der Waals surface area contributed by atoms with Gasteiger partial charge in [-0.1, -0.05) is 30.3 Å². The number of carbonyl (C=O) groups excluding carboxylic acids is 1. The van der Waals surface area contributed by atoms with Crippen LogP contribution in [0.3, 0.4) is 0 Å². The summed E-state index contributed by atoms with van der Waals surface area (Å²) in [5.74, 6) is 0.201. The second-order valence-electron chi connectivity index (χ2n) is 5.82. The largest absolute Gasteiger partial charge is 0.385 e. The molecule has 0 aromatic heterocycles. The van der Waals surface area contributed by atoms with E-state index in [4.69, 9.17) is 0 Å². The zero-order valence-corrected chi connectivity index (χ0v) is 13.0. The van der Waals surface area contributed by atoms with Gasteiger partial charge in [-0.05, 0) is 49.1 Å². The van der Waals surface area contributed by atoms with Gasteiger partial charge < -0.3 is 10.2 Å². The highest BCUT2D eigenvalue weighted by Gasteiger charge is 2.21. The maximum atomic E-state index is 12.5. The third-order valence-corrected chi connectivity index (χ3v) is 4.10. The molecule has 0 fully saturated rings. The van der Waals surface area contributed by atoms with Crippen LogP contribution in [-0.4, -0.2) is 19.0 Å². The molecular weight excluding hydrogens is 272 g/mol. The number of benzene rings is 2. The number of hydrogen-bond donors (Lipinski definition) is 1. The van der Waals surface area contributed by atoms with Gasteiger partial charge in [-0.25, -0.2) is 0 Å². The van der Waals surface area contributed by atoms with Crippen LogP contribution >= 0.6 is 0 Å². The van der Waals surface area contributed by atoms with Crippen LogP contribution in [-0.2, 0) is 11.2 Å². The number of fused-ring (bicyclic) bond motifs is 1. The summed E-state index contributed by atoms with van der Waals surface area (Å²) < 4.78 is 0. The highest BCUT2D eigenvalue weighted by Crippen LogP contribution is 2.27. The van der Waals surface area contributed by atoms with Crippen molar-refractivity contribution in [1.82, 2.24) is 0 Å². The van der Waals surface area contributed by atoms with Crippen LogP contribution in [0.15, 0.2) is 48.5 Å². The van der Waals surface area contributed by atoms with E-state index in [1.54, 1.807) is 0 Å². The van der Waals surface area contributed by atoms with Crippen LogP contribution in [0.25, 0.3) is 0 Å². The predicted octanol–water partition coefficient (Wildman–Crippen LogP) is 3.78. The van der Waals surface area contributed by atoms with Crippen LogP contribution in [0.5, 0.6) is 0 Å². The molecule has 3 nitrogen and oxygen atoms in total. The second kappa shape index (κ2) is 6.65. The van der Waals surface area contributed by atoms with Crippen molar-refractivity contribution in [3.8, 4) is 0 Å². The topological polar surface area (TPSA) is 32.3 Å². The maximum absolute atomic E-state index is 12.5. The number of carbonyl (C=O) groups is 1. The van der Waals surface area contributed by atoms with Crippen molar-refractivity contribution >= 4 is 17.3 Å². The number of anilines is 2. The first-order chi connectivity index (χ1) is 10.7. The van der Waals surface area contributed by atoms with Gasteiger partial charge in [-0.3, -0.25) is 4.79 Å². The van der Waals surface area contributed by atoms with Crippen LogP contribution < -0.4 is 10.2 Å². The molecule has 114 valence electrons. The van der Waals surface area contributed by atoms with Crippen LogP contribution in [0.1, 0.15) is 24.0 Å². The van der Waals surface area contributed by atoms with Crippen molar-refractivity contribution in [2.75, 3.05) is 23.3 Å². The summed E-state index contributed by atoms with van der Waals surface area (Å²) >= 11 is 0. The Morgan fingerprint density at radius 1 is 1.18 bits per heavy atom. The molecule has 1 aliphatic rings. The second-order valence-corrected chi connectivity index (χ2v) is 5.82. The average molecular weight is 294 g/mol. The molecular formula is C19H22N2O. The van der Waals surface area contributed by atoms with Gasteiger partial charge in [0.15, 0.2) is 0 Å². The van der Waals surface area contributed by atoms with E-state index in [-0.39, 0.29) is 5.91 Å². The molecule has 2 aromatic carbocycles. The summed E-state index contributed by atoms with van der Waals surface area (Å²) in [5, 5.41) is 3.33. The van der Waals surface area contributed by atoms with Crippen LogP contribution in [0.2, 0.25) is 0 Å². The SMILES string of the molecule is Cc1cccc(NCCC(=O)N2CCCc3ccccc32)c1. The van der Waals surface area contributed by atoms with Crippen molar-refractivity contribution in [2.24, 2.45) is 0 Å². The lowest BCUT2D eigenvalue weighted by Crippen LogP contribution is -2.36. The minimum absolute atomic E-state index is 0.201. The van der Waals surface area contributed by atoms with Gasteiger partial charge in [0.05, 0.1) is 0 Å². The molecule has 2 aromatic rings. The van der Waals surface area contributed by atoms with Crippen molar-refractivity contribution < 1.29 is 4.79 Å². The van der Waals surface area contributed by atoms with Crippen molar-refractivity contribution in [3.63, 3.8) is 0 Å². The van der Waals surface area contributed by atoms with Gasteiger partial charge in [-0.2, -0.15) is 0 Å².